The average Bonchev–Trinajstić information content (AvgIpc) is 3.70. The fraction of sp³-hybridized carbons (Fsp3) is 0.0566. The van der Waals surface area contributed by atoms with Gasteiger partial charge in [0.05, 0.1) is 0 Å². The molecule has 1 aliphatic rings. The highest BCUT2D eigenvalue weighted by atomic mass is 16.3. The van der Waals surface area contributed by atoms with E-state index in [9.17, 15) is 0 Å². The van der Waals surface area contributed by atoms with Crippen molar-refractivity contribution in [1.82, 2.24) is 0 Å². The first-order valence-electron chi connectivity index (χ1n) is 18.9. The second-order valence-corrected chi connectivity index (χ2v) is 15.6. The minimum atomic E-state index is -0.0257. The van der Waals surface area contributed by atoms with Gasteiger partial charge in [-0.05, 0) is 129 Å². The smallest absolute Gasteiger partial charge is 0.136 e. The van der Waals surface area contributed by atoms with Gasteiger partial charge in [0.2, 0.25) is 0 Å². The monoisotopic (exact) mass is 686 g/mol. The van der Waals surface area contributed by atoms with Gasteiger partial charge in [-0.25, -0.2) is 0 Å². The third kappa shape index (κ3) is 3.94. The molecule has 0 amide bonds. The topological polar surface area (TPSA) is 13.1 Å². The normalized spacial score (nSPS) is 13.5. The highest BCUT2D eigenvalue weighted by Crippen LogP contribution is 2.51. The highest BCUT2D eigenvalue weighted by Gasteiger charge is 2.35. The third-order valence-corrected chi connectivity index (χ3v) is 12.4. The summed E-state index contributed by atoms with van der Waals surface area (Å²) in [5, 5.41) is 14.9. The van der Waals surface area contributed by atoms with E-state index in [1.54, 1.807) is 0 Å². The summed E-state index contributed by atoms with van der Waals surface area (Å²) < 4.78 is 6.41. The van der Waals surface area contributed by atoms with E-state index >= 15 is 0 Å². The van der Waals surface area contributed by atoms with Gasteiger partial charge in [-0.3, -0.25) is 0 Å². The zero-order chi connectivity index (χ0) is 35.7. The molecule has 0 fully saturated rings. The Labute approximate surface area is 312 Å². The van der Waals surface area contributed by atoms with E-state index in [-0.39, 0.29) is 5.41 Å². The minimum Gasteiger partial charge on any atom is -0.456 e. The highest BCUT2D eigenvalue weighted by molar-refractivity contribution is 6.29. The first-order valence-corrected chi connectivity index (χ1v) is 18.9. The van der Waals surface area contributed by atoms with Crippen LogP contribution in [-0.4, -0.2) is 0 Å². The molecule has 0 bridgehead atoms. The maximum Gasteiger partial charge on any atom is 0.136 e. The maximum atomic E-state index is 6.41. The lowest BCUT2D eigenvalue weighted by atomic mass is 9.81. The fourth-order valence-corrected chi connectivity index (χ4v) is 9.95. The van der Waals surface area contributed by atoms with Crippen molar-refractivity contribution in [1.29, 1.82) is 0 Å². The SMILES string of the molecule is CC1(C)c2ccccc2-c2cc(-c3c4ccccc4c(-c4ccc5c(c4)c4ccccc4c4cc6c(cc54)oc4ccccc46)c4ccccc34)ccc21. The van der Waals surface area contributed by atoms with Crippen molar-refractivity contribution in [2.24, 2.45) is 0 Å². The molecule has 10 aromatic carbocycles. The maximum absolute atomic E-state index is 6.41. The summed E-state index contributed by atoms with van der Waals surface area (Å²) in [6.07, 6.45) is 0. The van der Waals surface area contributed by atoms with E-state index in [0.29, 0.717) is 0 Å². The Balaban J connectivity index is 1.13. The first kappa shape index (κ1) is 29.8. The van der Waals surface area contributed by atoms with Gasteiger partial charge in [0.15, 0.2) is 0 Å². The third-order valence-electron chi connectivity index (χ3n) is 12.4. The Kier molecular flexibility index (Phi) is 5.90. The Morgan fingerprint density at radius 1 is 0.315 bits per heavy atom. The molecule has 0 unspecified atom stereocenters. The van der Waals surface area contributed by atoms with Crippen LogP contribution in [0.2, 0.25) is 0 Å². The summed E-state index contributed by atoms with van der Waals surface area (Å²) in [6, 6.07) is 63.1. The molecule has 0 saturated carbocycles. The van der Waals surface area contributed by atoms with Gasteiger partial charge in [0.25, 0.3) is 0 Å². The van der Waals surface area contributed by atoms with Crippen LogP contribution in [0.4, 0.5) is 0 Å². The van der Waals surface area contributed by atoms with Crippen molar-refractivity contribution >= 4 is 75.8 Å². The largest absolute Gasteiger partial charge is 0.456 e. The van der Waals surface area contributed by atoms with Crippen LogP contribution < -0.4 is 0 Å². The van der Waals surface area contributed by atoms with Crippen molar-refractivity contribution in [2.75, 3.05) is 0 Å². The van der Waals surface area contributed by atoms with Crippen LogP contribution in [-0.2, 0) is 5.41 Å². The molecule has 12 rings (SSSR count). The van der Waals surface area contributed by atoms with Crippen LogP contribution in [0.15, 0.2) is 174 Å². The molecule has 54 heavy (non-hydrogen) atoms. The van der Waals surface area contributed by atoms with Crippen molar-refractivity contribution in [3.05, 3.63) is 181 Å². The Morgan fingerprint density at radius 3 is 1.48 bits per heavy atom. The van der Waals surface area contributed by atoms with Gasteiger partial charge in [-0.1, -0.05) is 153 Å². The van der Waals surface area contributed by atoms with Crippen molar-refractivity contribution in [2.45, 2.75) is 19.3 Å². The summed E-state index contributed by atoms with van der Waals surface area (Å²) in [5.41, 5.74) is 12.4. The Bertz CT molecular complexity index is 3350. The van der Waals surface area contributed by atoms with E-state index < -0.39 is 0 Å². The van der Waals surface area contributed by atoms with Crippen LogP contribution in [0.25, 0.3) is 109 Å². The molecule has 0 atom stereocenters. The molecule has 0 spiro atoms. The number of rotatable bonds is 2. The van der Waals surface area contributed by atoms with Gasteiger partial charge in [0.1, 0.15) is 11.2 Å². The summed E-state index contributed by atoms with van der Waals surface area (Å²) in [7, 11) is 0. The van der Waals surface area contributed by atoms with Crippen molar-refractivity contribution < 1.29 is 4.42 Å². The minimum absolute atomic E-state index is 0.0257. The van der Waals surface area contributed by atoms with E-state index in [4.69, 9.17) is 4.42 Å². The molecule has 0 N–H and O–H groups in total. The Morgan fingerprint density at radius 2 is 0.796 bits per heavy atom. The molecule has 252 valence electrons. The van der Waals surface area contributed by atoms with Gasteiger partial charge in [-0.2, -0.15) is 0 Å². The van der Waals surface area contributed by atoms with Crippen LogP contribution in [0.5, 0.6) is 0 Å². The number of hydrogen-bond donors (Lipinski definition) is 0. The lowest BCUT2D eigenvalue weighted by Crippen LogP contribution is -2.14. The predicted octanol–water partition coefficient (Wildman–Crippen LogP) is 15.0. The van der Waals surface area contributed by atoms with Gasteiger partial charge < -0.3 is 4.42 Å². The zero-order valence-corrected chi connectivity index (χ0v) is 30.1. The fourth-order valence-electron chi connectivity index (χ4n) is 9.95. The first-order chi connectivity index (χ1) is 26.5. The van der Waals surface area contributed by atoms with E-state index in [0.717, 1.165) is 21.9 Å². The molecule has 1 heteroatoms. The molecular weight excluding hydrogens is 653 g/mol. The second kappa shape index (κ2) is 10.7. The van der Waals surface area contributed by atoms with Gasteiger partial charge in [-0.15, -0.1) is 0 Å². The molecule has 11 aromatic rings. The van der Waals surface area contributed by atoms with E-state index in [1.807, 2.05) is 6.07 Å². The number of fused-ring (bicyclic) bond motifs is 14. The number of hydrogen-bond acceptors (Lipinski definition) is 1. The van der Waals surface area contributed by atoms with Gasteiger partial charge in [0, 0.05) is 16.2 Å². The van der Waals surface area contributed by atoms with E-state index in [1.165, 1.54) is 98.4 Å². The standard InChI is InChI=1S/C53H34O/c1-53(2)47-21-11-9-15-36(47)45-28-32(24-26-48(45)53)52-40-19-7-5-17-38(40)51(39-18-6-8-20-41(39)52)31-23-25-35-42(27-31)33-13-3-4-14-34(33)43-29-46-37-16-10-12-22-49(37)54-50(46)30-44(35)43/h3-30H,1-2H3. The van der Waals surface area contributed by atoms with Crippen LogP contribution in [0, 0.1) is 0 Å². The van der Waals surface area contributed by atoms with Crippen LogP contribution in [0.3, 0.4) is 0 Å². The summed E-state index contributed by atoms with van der Waals surface area (Å²) in [5.74, 6) is 0. The predicted molar refractivity (Wildman–Crippen MR) is 230 cm³/mol. The van der Waals surface area contributed by atoms with Crippen LogP contribution in [0.1, 0.15) is 25.0 Å². The Hall–Kier alpha value is -6.70. The molecule has 0 aliphatic heterocycles. The molecule has 1 nitrogen and oxygen atoms in total. The summed E-state index contributed by atoms with van der Waals surface area (Å²) in [6.45, 7) is 4.71. The summed E-state index contributed by atoms with van der Waals surface area (Å²) >= 11 is 0. The second-order valence-electron chi connectivity index (χ2n) is 15.6. The van der Waals surface area contributed by atoms with E-state index in [2.05, 4.69) is 178 Å². The number of benzene rings is 10. The van der Waals surface area contributed by atoms with Gasteiger partial charge >= 0.3 is 0 Å². The van der Waals surface area contributed by atoms with Crippen LogP contribution >= 0.6 is 0 Å². The molecule has 0 saturated heterocycles. The molecule has 0 radical (unpaired) electrons. The average molecular weight is 687 g/mol. The number of para-hydroxylation sites is 1. The van der Waals surface area contributed by atoms with Crippen molar-refractivity contribution in [3.63, 3.8) is 0 Å². The quantitative estimate of drug-likeness (QED) is 0.130. The molecular formula is C53H34O. The lowest BCUT2D eigenvalue weighted by Gasteiger charge is -2.22. The molecule has 1 aromatic heterocycles. The zero-order valence-electron chi connectivity index (χ0n) is 30.1. The summed E-state index contributed by atoms with van der Waals surface area (Å²) in [4.78, 5) is 0. The van der Waals surface area contributed by atoms with Crippen molar-refractivity contribution in [3.8, 4) is 33.4 Å². The molecule has 1 aliphatic carbocycles. The lowest BCUT2D eigenvalue weighted by molar-refractivity contribution is 0.660. The molecule has 1 heterocycles. The number of furan rings is 1.